The van der Waals surface area contributed by atoms with E-state index in [0.717, 1.165) is 15.1 Å². The SMILES string of the molecule is C[Si]C(C)/C(C)=C(/C)C[Si](C)(C)C. The average Bonchev–Trinajstić information content (AvgIpc) is 1.98. The lowest BCUT2D eigenvalue weighted by Crippen LogP contribution is -2.20. The van der Waals surface area contributed by atoms with Crippen molar-refractivity contribution in [1.29, 1.82) is 0 Å². The third-order valence-corrected chi connectivity index (χ3v) is 5.44. The first kappa shape index (κ1) is 13.2. The van der Waals surface area contributed by atoms with Crippen LogP contribution in [0.15, 0.2) is 11.1 Å². The molecule has 0 aliphatic carbocycles. The molecule has 0 bridgehead atoms. The fraction of sp³-hybridized carbons (Fsp3) is 0.818. The molecule has 0 aromatic carbocycles. The minimum absolute atomic E-state index is 0.802. The van der Waals surface area contributed by atoms with Crippen LogP contribution in [0.25, 0.3) is 0 Å². The highest BCUT2D eigenvalue weighted by atomic mass is 28.3. The van der Waals surface area contributed by atoms with E-state index in [1.807, 2.05) is 0 Å². The molecule has 0 aromatic heterocycles. The van der Waals surface area contributed by atoms with E-state index in [1.54, 1.807) is 11.1 Å². The van der Waals surface area contributed by atoms with Gasteiger partial charge < -0.3 is 0 Å². The molecule has 0 N–H and O–H groups in total. The molecule has 0 spiro atoms. The standard InChI is InChI=1S/C11H24Si2/c1-9(8-13(5,6)7)10(2)11(3)12-4/h11H,8H2,1-7H3/b10-9-. The molecule has 0 amide bonds. The Morgan fingerprint density at radius 1 is 1.23 bits per heavy atom. The van der Waals surface area contributed by atoms with Crippen LogP contribution in [0.5, 0.6) is 0 Å². The predicted octanol–water partition coefficient (Wildman–Crippen LogP) is 4.22. The maximum atomic E-state index is 2.45. The van der Waals surface area contributed by atoms with E-state index in [-0.39, 0.29) is 0 Å². The van der Waals surface area contributed by atoms with Gasteiger partial charge in [-0.15, -0.1) is 0 Å². The van der Waals surface area contributed by atoms with Crippen molar-refractivity contribution in [2.24, 2.45) is 0 Å². The van der Waals surface area contributed by atoms with E-state index in [9.17, 15) is 0 Å². The van der Waals surface area contributed by atoms with E-state index in [1.165, 1.54) is 6.04 Å². The molecule has 13 heavy (non-hydrogen) atoms. The minimum atomic E-state index is -0.896. The fourth-order valence-corrected chi connectivity index (χ4v) is 4.07. The van der Waals surface area contributed by atoms with Gasteiger partial charge in [0.25, 0.3) is 0 Å². The molecule has 2 heteroatoms. The normalized spacial score (nSPS) is 16.8. The third-order valence-electron chi connectivity index (χ3n) is 2.55. The first-order valence-electron chi connectivity index (χ1n) is 5.11. The molecule has 0 saturated carbocycles. The topological polar surface area (TPSA) is 0 Å². The van der Waals surface area contributed by atoms with Crippen molar-refractivity contribution in [3.63, 3.8) is 0 Å². The second kappa shape index (κ2) is 5.15. The first-order chi connectivity index (χ1) is 5.78. The van der Waals surface area contributed by atoms with E-state index in [4.69, 9.17) is 0 Å². The Bertz CT molecular complexity index is 187. The number of hydrogen-bond donors (Lipinski definition) is 0. The van der Waals surface area contributed by atoms with Crippen molar-refractivity contribution in [2.45, 2.75) is 58.5 Å². The van der Waals surface area contributed by atoms with Crippen LogP contribution in [0, 0.1) is 0 Å². The summed E-state index contributed by atoms with van der Waals surface area (Å²) in [7, 11) is 0.152. The Morgan fingerprint density at radius 3 is 2.00 bits per heavy atom. The van der Waals surface area contributed by atoms with Gasteiger partial charge in [0.2, 0.25) is 0 Å². The van der Waals surface area contributed by atoms with Crippen molar-refractivity contribution < 1.29 is 0 Å². The van der Waals surface area contributed by atoms with Crippen LogP contribution in [-0.4, -0.2) is 17.6 Å². The predicted molar refractivity (Wildman–Crippen MR) is 67.6 cm³/mol. The molecule has 0 aliphatic heterocycles. The quantitative estimate of drug-likeness (QED) is 0.483. The van der Waals surface area contributed by atoms with E-state index in [0.29, 0.717) is 0 Å². The first-order valence-corrected chi connectivity index (χ1v) is 10.4. The molecule has 1 atom stereocenters. The van der Waals surface area contributed by atoms with Crippen molar-refractivity contribution >= 4 is 17.6 Å². The Hall–Kier alpha value is 0.174. The molecule has 0 nitrogen and oxygen atoms in total. The van der Waals surface area contributed by atoms with Crippen LogP contribution in [0.4, 0.5) is 0 Å². The molecule has 0 aliphatic rings. The van der Waals surface area contributed by atoms with Gasteiger partial charge in [0.05, 0.1) is 0 Å². The summed E-state index contributed by atoms with van der Waals surface area (Å²) in [5.74, 6) is 0. The lowest BCUT2D eigenvalue weighted by molar-refractivity contribution is 1.03. The maximum absolute atomic E-state index is 2.45. The zero-order valence-electron chi connectivity index (χ0n) is 10.3. The molecule has 0 fully saturated rings. The van der Waals surface area contributed by atoms with Gasteiger partial charge in [-0.1, -0.05) is 44.3 Å². The van der Waals surface area contributed by atoms with Crippen LogP contribution in [0.2, 0.25) is 37.8 Å². The lowest BCUT2D eigenvalue weighted by Gasteiger charge is -2.20. The van der Waals surface area contributed by atoms with E-state index < -0.39 is 8.07 Å². The monoisotopic (exact) mass is 212 g/mol. The van der Waals surface area contributed by atoms with Crippen molar-refractivity contribution in [2.75, 3.05) is 0 Å². The molecule has 76 valence electrons. The van der Waals surface area contributed by atoms with Crippen LogP contribution >= 0.6 is 0 Å². The van der Waals surface area contributed by atoms with Gasteiger partial charge in [-0.25, -0.2) is 0 Å². The van der Waals surface area contributed by atoms with Crippen molar-refractivity contribution in [3.05, 3.63) is 11.1 Å². The van der Waals surface area contributed by atoms with Crippen LogP contribution in [0.1, 0.15) is 20.8 Å². The highest BCUT2D eigenvalue weighted by molar-refractivity contribution is 6.76. The smallest absolute Gasteiger partial charge is 0.0483 e. The van der Waals surface area contributed by atoms with Gasteiger partial charge >= 0.3 is 0 Å². The van der Waals surface area contributed by atoms with Gasteiger partial charge in [0.15, 0.2) is 0 Å². The van der Waals surface area contributed by atoms with E-state index in [2.05, 4.69) is 47.0 Å². The Balaban J connectivity index is 4.44. The highest BCUT2D eigenvalue weighted by Gasteiger charge is 2.15. The third kappa shape index (κ3) is 5.47. The summed E-state index contributed by atoms with van der Waals surface area (Å²) in [6.45, 7) is 16.6. The van der Waals surface area contributed by atoms with E-state index >= 15 is 0 Å². The van der Waals surface area contributed by atoms with Crippen LogP contribution in [0.3, 0.4) is 0 Å². The number of hydrogen-bond acceptors (Lipinski definition) is 0. The summed E-state index contributed by atoms with van der Waals surface area (Å²) in [6, 6.07) is 1.37. The second-order valence-corrected chi connectivity index (χ2v) is 12.1. The maximum Gasteiger partial charge on any atom is 0.0483 e. The Morgan fingerprint density at radius 2 is 1.69 bits per heavy atom. The molecule has 0 heterocycles. The van der Waals surface area contributed by atoms with Crippen molar-refractivity contribution in [3.8, 4) is 0 Å². The molecule has 0 aromatic rings. The zero-order valence-corrected chi connectivity index (χ0v) is 12.3. The molecule has 0 saturated heterocycles. The highest BCUT2D eigenvalue weighted by Crippen LogP contribution is 2.25. The Labute approximate surface area is 87.7 Å². The molecular formula is C11H24Si2. The summed E-state index contributed by atoms with van der Waals surface area (Å²) in [5, 5.41) is 0. The summed E-state index contributed by atoms with van der Waals surface area (Å²) in [5.41, 5.74) is 4.10. The van der Waals surface area contributed by atoms with Gasteiger partial charge in [-0.05, 0) is 25.4 Å². The lowest BCUT2D eigenvalue weighted by atomic mass is 10.1. The van der Waals surface area contributed by atoms with Crippen LogP contribution in [-0.2, 0) is 0 Å². The largest absolute Gasteiger partial charge is 0.0771 e. The fourth-order valence-electron chi connectivity index (χ4n) is 1.52. The average molecular weight is 212 g/mol. The number of allylic oxidation sites excluding steroid dienone is 2. The van der Waals surface area contributed by atoms with Gasteiger partial charge in [-0.2, -0.15) is 0 Å². The number of rotatable bonds is 4. The summed E-state index contributed by atoms with van der Waals surface area (Å²) < 4.78 is 0. The van der Waals surface area contributed by atoms with Gasteiger partial charge in [0, 0.05) is 17.6 Å². The summed E-state index contributed by atoms with van der Waals surface area (Å²) in [4.78, 5) is 0. The molecule has 1 unspecified atom stereocenters. The molecular weight excluding hydrogens is 188 g/mol. The van der Waals surface area contributed by atoms with Gasteiger partial charge in [0.1, 0.15) is 0 Å². The zero-order chi connectivity index (χ0) is 10.6. The van der Waals surface area contributed by atoms with Crippen molar-refractivity contribution in [1.82, 2.24) is 0 Å². The molecule has 2 radical (unpaired) electrons. The van der Waals surface area contributed by atoms with Gasteiger partial charge in [-0.3, -0.25) is 0 Å². The molecule has 0 rings (SSSR count). The second-order valence-electron chi connectivity index (χ2n) is 5.21. The Kier molecular flexibility index (Phi) is 5.22. The summed E-state index contributed by atoms with van der Waals surface area (Å²) in [6.07, 6.45) is 0. The summed E-state index contributed by atoms with van der Waals surface area (Å²) >= 11 is 0. The minimum Gasteiger partial charge on any atom is -0.0771 e. The van der Waals surface area contributed by atoms with Crippen LogP contribution < -0.4 is 0 Å².